The molecule has 5 nitrogen and oxygen atoms in total. The third-order valence-corrected chi connectivity index (χ3v) is 3.46. The van der Waals surface area contributed by atoms with Crippen LogP contribution in [0.4, 0.5) is 11.5 Å². The number of nitrogens with zero attached hydrogens (tertiary/aromatic N) is 2. The second-order valence-electron chi connectivity index (χ2n) is 5.13. The van der Waals surface area contributed by atoms with E-state index in [1.807, 2.05) is 48.5 Å². The number of anilines is 2. The summed E-state index contributed by atoms with van der Waals surface area (Å²) in [5, 5.41) is 3.30. The zero-order valence-electron chi connectivity index (χ0n) is 12.8. The minimum Gasteiger partial charge on any atom is -0.437 e. The van der Waals surface area contributed by atoms with Crippen LogP contribution in [-0.4, -0.2) is 9.97 Å². The van der Waals surface area contributed by atoms with Crippen LogP contribution in [0.25, 0.3) is 0 Å². The van der Waals surface area contributed by atoms with Crippen molar-refractivity contribution < 1.29 is 4.74 Å². The molecule has 3 N–H and O–H groups in total. The molecular formula is C18H18N4O. The number of aromatic nitrogens is 2. The Kier molecular flexibility index (Phi) is 4.38. The lowest BCUT2D eigenvalue weighted by molar-refractivity contribution is 0.464. The largest absolute Gasteiger partial charge is 0.437 e. The van der Waals surface area contributed by atoms with Crippen molar-refractivity contribution in [2.45, 2.75) is 13.0 Å². The number of nitrogen functional groups attached to an aromatic ring is 1. The maximum atomic E-state index is 6.15. The van der Waals surface area contributed by atoms with Crippen LogP contribution in [0.3, 0.4) is 0 Å². The van der Waals surface area contributed by atoms with Gasteiger partial charge in [0.15, 0.2) is 5.82 Å². The van der Waals surface area contributed by atoms with Gasteiger partial charge >= 0.3 is 0 Å². The Morgan fingerprint density at radius 1 is 0.957 bits per heavy atom. The first-order valence-electron chi connectivity index (χ1n) is 7.39. The van der Waals surface area contributed by atoms with Gasteiger partial charge in [0.25, 0.3) is 0 Å². The monoisotopic (exact) mass is 306 g/mol. The van der Waals surface area contributed by atoms with Crippen molar-refractivity contribution in [2.24, 2.45) is 0 Å². The molecule has 0 aliphatic heterocycles. The van der Waals surface area contributed by atoms with Crippen molar-refractivity contribution in [3.8, 4) is 11.6 Å². The molecule has 116 valence electrons. The van der Waals surface area contributed by atoms with Crippen molar-refractivity contribution in [2.75, 3.05) is 11.1 Å². The van der Waals surface area contributed by atoms with E-state index in [9.17, 15) is 0 Å². The van der Waals surface area contributed by atoms with E-state index >= 15 is 0 Å². The molecule has 23 heavy (non-hydrogen) atoms. The molecule has 0 saturated heterocycles. The molecule has 2 aromatic carbocycles. The number of nitrogens with one attached hydrogen (secondary N) is 1. The van der Waals surface area contributed by atoms with Crippen molar-refractivity contribution >= 4 is 11.5 Å². The molecule has 0 aliphatic rings. The van der Waals surface area contributed by atoms with Crippen LogP contribution >= 0.6 is 0 Å². The lowest BCUT2D eigenvalue weighted by Gasteiger charge is -2.17. The number of rotatable bonds is 5. The molecule has 1 atom stereocenters. The van der Waals surface area contributed by atoms with E-state index in [2.05, 4.69) is 34.3 Å². The molecule has 1 aromatic heterocycles. The highest BCUT2D eigenvalue weighted by atomic mass is 16.5. The molecule has 5 heteroatoms. The van der Waals surface area contributed by atoms with E-state index in [0.29, 0.717) is 23.1 Å². The predicted molar refractivity (Wildman–Crippen MR) is 91.4 cm³/mol. The van der Waals surface area contributed by atoms with Gasteiger partial charge in [0.1, 0.15) is 17.8 Å². The first-order valence-corrected chi connectivity index (χ1v) is 7.39. The Bertz CT molecular complexity index is 762. The number of hydrogen-bond acceptors (Lipinski definition) is 5. The number of benzene rings is 2. The average Bonchev–Trinajstić information content (AvgIpc) is 2.60. The molecule has 0 fully saturated rings. The summed E-state index contributed by atoms with van der Waals surface area (Å²) in [5.74, 6) is 1.58. The molecular weight excluding hydrogens is 288 g/mol. The van der Waals surface area contributed by atoms with Gasteiger partial charge in [0, 0.05) is 0 Å². The highest BCUT2D eigenvalue weighted by molar-refractivity contribution is 5.67. The Morgan fingerprint density at radius 2 is 1.61 bits per heavy atom. The minimum absolute atomic E-state index is 0.0676. The van der Waals surface area contributed by atoms with Gasteiger partial charge in [-0.2, -0.15) is 4.98 Å². The zero-order chi connectivity index (χ0) is 16.1. The zero-order valence-corrected chi connectivity index (χ0v) is 12.8. The van der Waals surface area contributed by atoms with E-state index in [1.54, 1.807) is 0 Å². The maximum Gasteiger partial charge on any atom is 0.248 e. The summed E-state index contributed by atoms with van der Waals surface area (Å²) in [6, 6.07) is 19.6. The molecule has 0 bridgehead atoms. The van der Waals surface area contributed by atoms with E-state index in [1.165, 1.54) is 6.33 Å². The van der Waals surface area contributed by atoms with Crippen molar-refractivity contribution in [3.05, 3.63) is 72.6 Å². The SMILES string of the molecule is CC(Nc1ncnc(Oc2ccccc2)c1N)c1ccccc1. The number of nitrogens with two attached hydrogens (primary N) is 1. The molecule has 0 amide bonds. The molecule has 1 heterocycles. The van der Waals surface area contributed by atoms with Gasteiger partial charge in [-0.25, -0.2) is 4.98 Å². The second kappa shape index (κ2) is 6.79. The number of para-hydroxylation sites is 1. The topological polar surface area (TPSA) is 73.1 Å². The molecule has 3 aromatic rings. The lowest BCUT2D eigenvalue weighted by atomic mass is 10.1. The molecule has 0 radical (unpaired) electrons. The van der Waals surface area contributed by atoms with Gasteiger partial charge in [-0.15, -0.1) is 0 Å². The predicted octanol–water partition coefficient (Wildman–Crippen LogP) is 4.02. The molecule has 0 aliphatic carbocycles. The third-order valence-electron chi connectivity index (χ3n) is 3.46. The van der Waals surface area contributed by atoms with Crippen molar-refractivity contribution in [1.29, 1.82) is 0 Å². The van der Waals surface area contributed by atoms with Gasteiger partial charge < -0.3 is 15.8 Å². The molecule has 0 spiro atoms. The third kappa shape index (κ3) is 3.58. The molecule has 1 unspecified atom stereocenters. The van der Waals surface area contributed by atoms with E-state index in [0.717, 1.165) is 5.56 Å². The van der Waals surface area contributed by atoms with E-state index in [-0.39, 0.29) is 6.04 Å². The van der Waals surface area contributed by atoms with Crippen LogP contribution in [0.2, 0.25) is 0 Å². The number of ether oxygens (including phenoxy) is 1. The quantitative estimate of drug-likeness (QED) is 0.744. The summed E-state index contributed by atoms with van der Waals surface area (Å²) in [6.07, 6.45) is 1.44. The lowest BCUT2D eigenvalue weighted by Crippen LogP contribution is -2.11. The fourth-order valence-electron chi connectivity index (χ4n) is 2.21. The standard InChI is InChI=1S/C18H18N4O/c1-13(14-8-4-2-5-9-14)22-17-16(19)18(21-12-20-17)23-15-10-6-3-7-11-15/h2-13H,19H2,1H3,(H,20,21,22). The van der Waals surface area contributed by atoms with Gasteiger partial charge in [-0.1, -0.05) is 48.5 Å². The van der Waals surface area contributed by atoms with E-state index < -0.39 is 0 Å². The Morgan fingerprint density at radius 3 is 2.30 bits per heavy atom. The summed E-state index contributed by atoms with van der Waals surface area (Å²) >= 11 is 0. The van der Waals surface area contributed by atoms with Gasteiger partial charge in [-0.3, -0.25) is 0 Å². The fourth-order valence-corrected chi connectivity index (χ4v) is 2.21. The smallest absolute Gasteiger partial charge is 0.248 e. The fraction of sp³-hybridized carbons (Fsp3) is 0.111. The van der Waals surface area contributed by atoms with Gasteiger partial charge in [-0.05, 0) is 24.6 Å². The Labute approximate surface area is 135 Å². The summed E-state index contributed by atoms with van der Waals surface area (Å²) in [4.78, 5) is 8.33. The van der Waals surface area contributed by atoms with Crippen LogP contribution < -0.4 is 15.8 Å². The first-order chi connectivity index (χ1) is 11.2. The number of hydrogen-bond donors (Lipinski definition) is 2. The highest BCUT2D eigenvalue weighted by Gasteiger charge is 2.13. The molecule has 0 saturated carbocycles. The van der Waals surface area contributed by atoms with Crippen molar-refractivity contribution in [1.82, 2.24) is 9.97 Å². The Hall–Kier alpha value is -3.08. The van der Waals surface area contributed by atoms with Crippen LogP contribution in [0.1, 0.15) is 18.5 Å². The van der Waals surface area contributed by atoms with Crippen molar-refractivity contribution in [3.63, 3.8) is 0 Å². The maximum absolute atomic E-state index is 6.15. The van der Waals surface area contributed by atoms with Gasteiger partial charge in [0.2, 0.25) is 5.88 Å². The summed E-state index contributed by atoms with van der Waals surface area (Å²) in [5.41, 5.74) is 7.68. The second-order valence-corrected chi connectivity index (χ2v) is 5.13. The summed E-state index contributed by atoms with van der Waals surface area (Å²) < 4.78 is 5.72. The normalized spacial score (nSPS) is 11.7. The Balaban J connectivity index is 1.80. The van der Waals surface area contributed by atoms with Crippen LogP contribution in [-0.2, 0) is 0 Å². The van der Waals surface area contributed by atoms with E-state index in [4.69, 9.17) is 10.5 Å². The summed E-state index contributed by atoms with van der Waals surface area (Å²) in [7, 11) is 0. The van der Waals surface area contributed by atoms with Gasteiger partial charge in [0.05, 0.1) is 6.04 Å². The van der Waals surface area contributed by atoms with Crippen LogP contribution in [0.5, 0.6) is 11.6 Å². The summed E-state index contributed by atoms with van der Waals surface area (Å²) in [6.45, 7) is 2.05. The van der Waals surface area contributed by atoms with Crippen LogP contribution in [0.15, 0.2) is 67.0 Å². The minimum atomic E-state index is 0.0676. The average molecular weight is 306 g/mol. The first kappa shape index (κ1) is 14.8. The molecule has 3 rings (SSSR count). The van der Waals surface area contributed by atoms with Crippen LogP contribution in [0, 0.1) is 0 Å². The highest BCUT2D eigenvalue weighted by Crippen LogP contribution is 2.30.